The van der Waals surface area contributed by atoms with Crippen LogP contribution in [0.4, 0.5) is 4.79 Å². The number of benzene rings is 1. The van der Waals surface area contributed by atoms with Gasteiger partial charge in [-0.3, -0.25) is 4.68 Å². The van der Waals surface area contributed by atoms with Gasteiger partial charge in [-0.2, -0.15) is 10.1 Å². The second kappa shape index (κ2) is 9.24. The van der Waals surface area contributed by atoms with Gasteiger partial charge in [0.25, 0.3) is 0 Å². The lowest BCUT2D eigenvalue weighted by Gasteiger charge is -2.16. The molecule has 5 rings (SSSR count). The minimum atomic E-state index is -0.419. The highest BCUT2D eigenvalue weighted by Gasteiger charge is 2.30. The molecule has 0 saturated carbocycles. The van der Waals surface area contributed by atoms with Crippen molar-refractivity contribution in [3.8, 4) is 28.8 Å². The molecule has 0 radical (unpaired) electrons. The number of hydrogen-bond acceptors (Lipinski definition) is 8. The Balaban J connectivity index is 1.31. The molecule has 1 saturated heterocycles. The molecule has 11 heteroatoms. The van der Waals surface area contributed by atoms with E-state index >= 15 is 0 Å². The Morgan fingerprint density at radius 2 is 1.94 bits per heavy atom. The molecule has 0 spiro atoms. The van der Waals surface area contributed by atoms with E-state index in [4.69, 9.17) is 19.2 Å². The number of fused-ring (bicyclic) bond motifs is 1. The number of imidazole rings is 1. The fraction of sp³-hybridized carbons (Fsp3) is 0.375. The number of amides is 1. The first-order valence-electron chi connectivity index (χ1n) is 11.5. The summed E-state index contributed by atoms with van der Waals surface area (Å²) in [6.07, 6.45) is 3.29. The molecule has 1 fully saturated rings. The molecule has 0 aliphatic carbocycles. The van der Waals surface area contributed by atoms with E-state index in [-0.39, 0.29) is 6.10 Å². The predicted molar refractivity (Wildman–Crippen MR) is 128 cm³/mol. The van der Waals surface area contributed by atoms with Crippen molar-refractivity contribution in [2.24, 2.45) is 7.05 Å². The maximum absolute atomic E-state index is 12.6. The van der Waals surface area contributed by atoms with Crippen LogP contribution in [-0.2, 0) is 13.6 Å². The highest BCUT2D eigenvalue weighted by Crippen LogP contribution is 2.30. The average molecular weight is 478 g/mol. The number of nitrogens with zero attached hydrogens (tertiary/aromatic N) is 7. The monoisotopic (exact) mass is 477 g/mol. The van der Waals surface area contributed by atoms with Crippen LogP contribution in [0, 0.1) is 6.92 Å². The van der Waals surface area contributed by atoms with Crippen molar-refractivity contribution in [1.29, 1.82) is 0 Å². The lowest BCUT2D eigenvalue weighted by atomic mass is 10.2. The smallest absolute Gasteiger partial charge is 0.415 e. The highest BCUT2D eigenvalue weighted by molar-refractivity contribution is 5.81. The summed E-state index contributed by atoms with van der Waals surface area (Å²) >= 11 is 0. The SMILES string of the molecule is CCn1ncc(-c2nc3c(OC4CCN(C(=O)Oc5ccc(OC)cc5)C4)ncnc3n2C)c1C. The number of carbonyl (C=O) groups excluding carboxylic acids is 1. The number of aryl methyl sites for hydroxylation is 2. The first-order valence-corrected chi connectivity index (χ1v) is 11.5. The molecule has 11 nitrogen and oxygen atoms in total. The van der Waals surface area contributed by atoms with Gasteiger partial charge in [-0.25, -0.2) is 14.8 Å². The van der Waals surface area contributed by atoms with Crippen LogP contribution in [0.1, 0.15) is 19.0 Å². The van der Waals surface area contributed by atoms with E-state index in [1.165, 1.54) is 6.33 Å². The number of rotatable bonds is 6. The summed E-state index contributed by atoms with van der Waals surface area (Å²) in [6, 6.07) is 6.88. The van der Waals surface area contributed by atoms with Crippen molar-refractivity contribution in [2.45, 2.75) is 32.9 Å². The van der Waals surface area contributed by atoms with Crippen LogP contribution < -0.4 is 14.2 Å². The Morgan fingerprint density at radius 1 is 1.17 bits per heavy atom. The van der Waals surface area contributed by atoms with Gasteiger partial charge in [-0.1, -0.05) is 0 Å². The zero-order chi connectivity index (χ0) is 24.5. The second-order valence-electron chi connectivity index (χ2n) is 8.32. The van der Waals surface area contributed by atoms with Crippen LogP contribution >= 0.6 is 0 Å². The van der Waals surface area contributed by atoms with Crippen LogP contribution in [0.2, 0.25) is 0 Å². The van der Waals surface area contributed by atoms with E-state index in [9.17, 15) is 4.79 Å². The van der Waals surface area contributed by atoms with Crippen LogP contribution in [0.3, 0.4) is 0 Å². The Bertz CT molecular complexity index is 1360. The lowest BCUT2D eigenvalue weighted by molar-refractivity contribution is 0.151. The molecule has 0 bridgehead atoms. The first-order chi connectivity index (χ1) is 17.0. The number of carbonyl (C=O) groups is 1. The predicted octanol–water partition coefficient (Wildman–Crippen LogP) is 3.22. The fourth-order valence-electron chi connectivity index (χ4n) is 4.25. The Kier molecular flexibility index (Phi) is 5.98. The summed E-state index contributed by atoms with van der Waals surface area (Å²) in [5.74, 6) is 2.30. The number of ether oxygens (including phenoxy) is 3. The van der Waals surface area contributed by atoms with Gasteiger partial charge in [-0.15, -0.1) is 0 Å². The largest absolute Gasteiger partial charge is 0.497 e. The molecule has 1 aromatic carbocycles. The van der Waals surface area contributed by atoms with E-state index in [0.29, 0.717) is 48.1 Å². The van der Waals surface area contributed by atoms with Gasteiger partial charge in [0.2, 0.25) is 5.88 Å². The molecular weight excluding hydrogens is 450 g/mol. The van der Waals surface area contributed by atoms with Crippen molar-refractivity contribution < 1.29 is 19.0 Å². The standard InChI is InChI=1S/C24H27N7O4/c1-5-31-15(2)19(12-27-31)21-28-20-22(29(21)3)25-14-26-23(20)34-18-10-11-30(13-18)24(32)35-17-8-6-16(33-4)7-9-17/h6-9,12,14,18H,5,10-11,13H2,1-4H3. The molecule has 4 aromatic rings. The van der Waals surface area contributed by atoms with E-state index in [1.807, 2.05) is 36.3 Å². The van der Waals surface area contributed by atoms with Gasteiger partial charge in [-0.05, 0) is 38.1 Å². The fourth-order valence-corrected chi connectivity index (χ4v) is 4.25. The molecule has 4 heterocycles. The third kappa shape index (κ3) is 4.25. The zero-order valence-corrected chi connectivity index (χ0v) is 20.1. The molecule has 1 aliphatic rings. The van der Waals surface area contributed by atoms with E-state index in [1.54, 1.807) is 36.3 Å². The summed E-state index contributed by atoms with van der Waals surface area (Å²) in [6.45, 7) is 5.77. The van der Waals surface area contributed by atoms with Crippen LogP contribution in [0.15, 0.2) is 36.8 Å². The summed E-state index contributed by atoms with van der Waals surface area (Å²) in [5, 5.41) is 4.43. The average Bonchev–Trinajstić information content (AvgIpc) is 3.57. The summed E-state index contributed by atoms with van der Waals surface area (Å²) in [4.78, 5) is 27.8. The molecular formula is C24H27N7O4. The molecule has 1 unspecified atom stereocenters. The normalized spacial score (nSPS) is 15.5. The Morgan fingerprint density at radius 3 is 2.66 bits per heavy atom. The van der Waals surface area contributed by atoms with Gasteiger partial charge >= 0.3 is 6.09 Å². The maximum atomic E-state index is 12.6. The summed E-state index contributed by atoms with van der Waals surface area (Å²) in [5.41, 5.74) is 3.21. The van der Waals surface area contributed by atoms with E-state index < -0.39 is 6.09 Å². The van der Waals surface area contributed by atoms with Crippen molar-refractivity contribution in [3.05, 3.63) is 42.5 Å². The molecule has 1 atom stereocenters. The van der Waals surface area contributed by atoms with Crippen molar-refractivity contribution in [2.75, 3.05) is 20.2 Å². The molecule has 35 heavy (non-hydrogen) atoms. The topological polar surface area (TPSA) is 109 Å². The highest BCUT2D eigenvalue weighted by atomic mass is 16.6. The number of methoxy groups -OCH3 is 1. The minimum absolute atomic E-state index is 0.230. The molecule has 1 aliphatic heterocycles. The summed E-state index contributed by atoms with van der Waals surface area (Å²) < 4.78 is 20.7. The van der Waals surface area contributed by atoms with Gasteiger partial charge in [0.05, 0.1) is 25.4 Å². The Labute approximate surface area is 202 Å². The van der Waals surface area contributed by atoms with Crippen LogP contribution in [-0.4, -0.2) is 66.6 Å². The van der Waals surface area contributed by atoms with Gasteiger partial charge < -0.3 is 23.7 Å². The zero-order valence-electron chi connectivity index (χ0n) is 20.1. The Hall–Kier alpha value is -4.15. The quantitative estimate of drug-likeness (QED) is 0.416. The number of likely N-dealkylation sites (tertiary alicyclic amines) is 1. The third-order valence-corrected chi connectivity index (χ3v) is 6.21. The molecule has 3 aromatic heterocycles. The van der Waals surface area contributed by atoms with Crippen molar-refractivity contribution >= 4 is 17.3 Å². The van der Waals surface area contributed by atoms with Crippen molar-refractivity contribution in [3.63, 3.8) is 0 Å². The summed E-state index contributed by atoms with van der Waals surface area (Å²) in [7, 11) is 3.50. The van der Waals surface area contributed by atoms with E-state index in [2.05, 4.69) is 15.1 Å². The minimum Gasteiger partial charge on any atom is -0.497 e. The van der Waals surface area contributed by atoms with Gasteiger partial charge in [0.15, 0.2) is 11.2 Å². The lowest BCUT2D eigenvalue weighted by Crippen LogP contribution is -2.33. The van der Waals surface area contributed by atoms with E-state index in [0.717, 1.165) is 23.6 Å². The molecule has 0 N–H and O–H groups in total. The van der Waals surface area contributed by atoms with Gasteiger partial charge in [0.1, 0.15) is 29.8 Å². The van der Waals surface area contributed by atoms with Crippen molar-refractivity contribution in [1.82, 2.24) is 34.2 Å². The second-order valence-corrected chi connectivity index (χ2v) is 8.32. The molecule has 182 valence electrons. The first kappa shape index (κ1) is 22.6. The van der Waals surface area contributed by atoms with Gasteiger partial charge in [0, 0.05) is 32.3 Å². The maximum Gasteiger partial charge on any atom is 0.415 e. The van der Waals surface area contributed by atoms with Crippen LogP contribution in [0.5, 0.6) is 17.4 Å². The number of hydrogen-bond donors (Lipinski definition) is 0. The molecule has 1 amide bonds. The number of aromatic nitrogens is 6. The van der Waals surface area contributed by atoms with Crippen LogP contribution in [0.25, 0.3) is 22.6 Å². The third-order valence-electron chi connectivity index (χ3n) is 6.21.